The minimum absolute atomic E-state index is 0.116. The van der Waals surface area contributed by atoms with E-state index < -0.39 is 41.7 Å². The number of halogens is 2. The van der Waals surface area contributed by atoms with Gasteiger partial charge in [0.05, 0.1) is 12.2 Å². The van der Waals surface area contributed by atoms with Gasteiger partial charge >= 0.3 is 11.9 Å². The van der Waals surface area contributed by atoms with E-state index in [1.807, 2.05) is 13.8 Å². The number of benzene rings is 1. The van der Waals surface area contributed by atoms with E-state index in [1.165, 1.54) is 11.3 Å². The molecule has 0 aliphatic rings. The summed E-state index contributed by atoms with van der Waals surface area (Å²) in [6.45, 7) is 4.91. The molecule has 0 spiro atoms. The normalized spacial score (nSPS) is 10.6. The predicted octanol–water partition coefficient (Wildman–Crippen LogP) is 4.12. The highest BCUT2D eigenvalue weighted by atomic mass is 32.1. The van der Waals surface area contributed by atoms with Crippen LogP contribution in [0.4, 0.5) is 13.8 Å². The maximum atomic E-state index is 13.6. The molecule has 2 rings (SSSR count). The SMILES string of the molecule is CCOC(=O)c1cc(C(C)C)sc1NC(=O)COC(=O)c1c(F)cccc1F. The summed E-state index contributed by atoms with van der Waals surface area (Å²) in [5, 5.41) is 2.73. The first kappa shape index (κ1) is 21.5. The third kappa shape index (κ3) is 5.13. The van der Waals surface area contributed by atoms with Crippen LogP contribution in [0.15, 0.2) is 24.3 Å². The lowest BCUT2D eigenvalue weighted by Gasteiger charge is -2.08. The number of thiophene rings is 1. The van der Waals surface area contributed by atoms with Crippen molar-refractivity contribution in [3.05, 3.63) is 51.9 Å². The van der Waals surface area contributed by atoms with E-state index in [0.29, 0.717) is 0 Å². The summed E-state index contributed by atoms with van der Waals surface area (Å²) in [6.07, 6.45) is 0. The highest BCUT2D eigenvalue weighted by Gasteiger charge is 2.22. The number of amides is 1. The van der Waals surface area contributed by atoms with Crippen molar-refractivity contribution in [2.75, 3.05) is 18.5 Å². The molecule has 0 fully saturated rings. The Balaban J connectivity index is 2.08. The van der Waals surface area contributed by atoms with Crippen LogP contribution >= 0.6 is 11.3 Å². The number of hydrogen-bond acceptors (Lipinski definition) is 6. The van der Waals surface area contributed by atoms with Crippen molar-refractivity contribution in [1.82, 2.24) is 0 Å². The average Bonchev–Trinajstić information content (AvgIpc) is 3.04. The lowest BCUT2D eigenvalue weighted by atomic mass is 10.1. The Bertz CT molecular complexity index is 874. The Morgan fingerprint density at radius 2 is 1.75 bits per heavy atom. The summed E-state index contributed by atoms with van der Waals surface area (Å²) in [4.78, 5) is 36.9. The maximum absolute atomic E-state index is 13.6. The van der Waals surface area contributed by atoms with Gasteiger partial charge in [0, 0.05) is 4.88 Å². The number of carbonyl (C=O) groups is 3. The van der Waals surface area contributed by atoms with Gasteiger partial charge in [-0.3, -0.25) is 4.79 Å². The first-order chi connectivity index (χ1) is 13.2. The van der Waals surface area contributed by atoms with E-state index in [9.17, 15) is 23.2 Å². The van der Waals surface area contributed by atoms with Crippen molar-refractivity contribution in [1.29, 1.82) is 0 Å². The molecule has 6 nitrogen and oxygen atoms in total. The molecule has 1 heterocycles. The molecule has 0 unspecified atom stereocenters. The van der Waals surface area contributed by atoms with Gasteiger partial charge in [0.1, 0.15) is 22.2 Å². The fourth-order valence-electron chi connectivity index (χ4n) is 2.21. The Morgan fingerprint density at radius 1 is 1.11 bits per heavy atom. The predicted molar refractivity (Wildman–Crippen MR) is 99.6 cm³/mol. The zero-order valence-corrected chi connectivity index (χ0v) is 16.3. The Kier molecular flexibility index (Phi) is 7.22. The van der Waals surface area contributed by atoms with Crippen molar-refractivity contribution in [3.8, 4) is 0 Å². The quantitative estimate of drug-likeness (QED) is 0.693. The standard InChI is InChI=1S/C19H19F2NO5S/c1-4-26-18(24)11-8-14(10(2)3)28-17(11)22-15(23)9-27-19(25)16-12(20)6-5-7-13(16)21/h5-8,10H,4,9H2,1-3H3,(H,22,23). The van der Waals surface area contributed by atoms with Gasteiger partial charge in [-0.25, -0.2) is 18.4 Å². The first-order valence-electron chi connectivity index (χ1n) is 8.46. The molecule has 0 saturated carbocycles. The van der Waals surface area contributed by atoms with E-state index >= 15 is 0 Å². The van der Waals surface area contributed by atoms with Crippen LogP contribution in [0.3, 0.4) is 0 Å². The zero-order chi connectivity index (χ0) is 20.8. The molecule has 1 amide bonds. The fraction of sp³-hybridized carbons (Fsp3) is 0.316. The van der Waals surface area contributed by atoms with E-state index in [-0.39, 0.29) is 23.1 Å². The van der Waals surface area contributed by atoms with Gasteiger partial charge in [-0.15, -0.1) is 11.3 Å². The van der Waals surface area contributed by atoms with Crippen LogP contribution in [0.5, 0.6) is 0 Å². The van der Waals surface area contributed by atoms with Crippen LogP contribution in [0.2, 0.25) is 0 Å². The molecule has 0 atom stereocenters. The van der Waals surface area contributed by atoms with E-state index in [1.54, 1.807) is 13.0 Å². The molecule has 0 bridgehead atoms. The number of carbonyl (C=O) groups excluding carboxylic acids is 3. The number of anilines is 1. The lowest BCUT2D eigenvalue weighted by molar-refractivity contribution is -0.119. The number of rotatable bonds is 7. The number of esters is 2. The topological polar surface area (TPSA) is 81.7 Å². The molecule has 2 aromatic rings. The van der Waals surface area contributed by atoms with Crippen LogP contribution in [-0.2, 0) is 14.3 Å². The van der Waals surface area contributed by atoms with Crippen molar-refractivity contribution in [2.24, 2.45) is 0 Å². The summed E-state index contributed by atoms with van der Waals surface area (Å²) in [6, 6.07) is 4.55. The summed E-state index contributed by atoms with van der Waals surface area (Å²) < 4.78 is 36.8. The largest absolute Gasteiger partial charge is 0.462 e. The molecule has 1 aromatic carbocycles. The Hall–Kier alpha value is -2.81. The van der Waals surface area contributed by atoms with Crippen LogP contribution in [0.25, 0.3) is 0 Å². The number of nitrogens with one attached hydrogen (secondary N) is 1. The van der Waals surface area contributed by atoms with Crippen LogP contribution < -0.4 is 5.32 Å². The second-order valence-electron chi connectivity index (χ2n) is 5.99. The third-order valence-corrected chi connectivity index (χ3v) is 4.92. The summed E-state index contributed by atoms with van der Waals surface area (Å²) >= 11 is 1.19. The molecule has 9 heteroatoms. The Morgan fingerprint density at radius 3 is 2.32 bits per heavy atom. The summed E-state index contributed by atoms with van der Waals surface area (Å²) in [7, 11) is 0. The second kappa shape index (κ2) is 9.41. The smallest absolute Gasteiger partial charge is 0.344 e. The van der Waals surface area contributed by atoms with Gasteiger partial charge in [-0.1, -0.05) is 19.9 Å². The van der Waals surface area contributed by atoms with Crippen molar-refractivity contribution < 1.29 is 32.6 Å². The molecule has 0 aliphatic carbocycles. The van der Waals surface area contributed by atoms with Crippen molar-refractivity contribution in [2.45, 2.75) is 26.7 Å². The molecular formula is C19H19F2NO5S. The minimum Gasteiger partial charge on any atom is -0.462 e. The average molecular weight is 411 g/mol. The van der Waals surface area contributed by atoms with Gasteiger partial charge in [0.15, 0.2) is 6.61 Å². The van der Waals surface area contributed by atoms with E-state index in [2.05, 4.69) is 10.1 Å². The zero-order valence-electron chi connectivity index (χ0n) is 15.5. The lowest BCUT2D eigenvalue weighted by Crippen LogP contribution is -2.22. The first-order valence-corrected chi connectivity index (χ1v) is 9.28. The molecule has 28 heavy (non-hydrogen) atoms. The molecule has 0 radical (unpaired) electrons. The number of ether oxygens (including phenoxy) is 2. The highest BCUT2D eigenvalue weighted by Crippen LogP contribution is 2.33. The highest BCUT2D eigenvalue weighted by molar-refractivity contribution is 7.16. The van der Waals surface area contributed by atoms with Gasteiger partial charge in [-0.05, 0) is 31.0 Å². The molecule has 1 N–H and O–H groups in total. The van der Waals surface area contributed by atoms with Crippen LogP contribution in [-0.4, -0.2) is 31.1 Å². The molecule has 1 aromatic heterocycles. The monoisotopic (exact) mass is 411 g/mol. The van der Waals surface area contributed by atoms with Gasteiger partial charge in [-0.2, -0.15) is 0 Å². The van der Waals surface area contributed by atoms with Crippen LogP contribution in [0.1, 0.15) is 52.3 Å². The maximum Gasteiger partial charge on any atom is 0.344 e. The van der Waals surface area contributed by atoms with Crippen molar-refractivity contribution >= 4 is 34.2 Å². The van der Waals surface area contributed by atoms with Crippen LogP contribution in [0, 0.1) is 11.6 Å². The molecule has 0 saturated heterocycles. The number of hydrogen-bond donors (Lipinski definition) is 1. The molecule has 0 aliphatic heterocycles. The van der Waals surface area contributed by atoms with Gasteiger partial charge in [0.25, 0.3) is 5.91 Å². The van der Waals surface area contributed by atoms with Gasteiger partial charge < -0.3 is 14.8 Å². The third-order valence-electron chi connectivity index (χ3n) is 3.57. The minimum atomic E-state index is -1.30. The Labute approximate surface area is 164 Å². The van der Waals surface area contributed by atoms with E-state index in [4.69, 9.17) is 4.74 Å². The fourth-order valence-corrected chi connectivity index (χ4v) is 3.27. The second-order valence-corrected chi connectivity index (χ2v) is 7.07. The summed E-state index contributed by atoms with van der Waals surface area (Å²) in [5.41, 5.74) is -0.684. The van der Waals surface area contributed by atoms with E-state index in [0.717, 1.165) is 23.1 Å². The molecular weight excluding hydrogens is 392 g/mol. The molecule has 150 valence electrons. The van der Waals surface area contributed by atoms with Gasteiger partial charge in [0.2, 0.25) is 0 Å². The van der Waals surface area contributed by atoms with Crippen molar-refractivity contribution in [3.63, 3.8) is 0 Å². The summed E-state index contributed by atoms with van der Waals surface area (Å²) in [5.74, 6) is -4.71.